The van der Waals surface area contributed by atoms with Crippen molar-refractivity contribution in [3.05, 3.63) is 68.5 Å². The molecule has 0 aliphatic rings. The van der Waals surface area contributed by atoms with Crippen LogP contribution in [0.2, 0.25) is 15.1 Å². The number of anilines is 1. The van der Waals surface area contributed by atoms with Crippen LogP contribution in [-0.2, 0) is 4.79 Å². The second-order valence-corrected chi connectivity index (χ2v) is 7.74. The molecule has 1 heterocycles. The molecule has 1 aromatic heterocycles. The van der Waals surface area contributed by atoms with Crippen molar-refractivity contribution in [3.63, 3.8) is 0 Å². The Hall–Kier alpha value is -2.25. The van der Waals surface area contributed by atoms with E-state index in [-0.39, 0.29) is 12.2 Å². The monoisotopic (exact) mass is 454 g/mol. The molecule has 3 N–H and O–H groups in total. The Morgan fingerprint density at radius 3 is 2.46 bits per heavy atom. The molecule has 5 nitrogen and oxygen atoms in total. The first-order chi connectivity index (χ1) is 13.4. The lowest BCUT2D eigenvalue weighted by molar-refractivity contribution is -0.118. The topological polar surface area (TPSA) is 81.4 Å². The predicted molar refractivity (Wildman–Crippen MR) is 114 cm³/mol. The van der Waals surface area contributed by atoms with E-state index in [1.807, 2.05) is 0 Å². The zero-order valence-corrected chi connectivity index (χ0v) is 17.3. The summed E-state index contributed by atoms with van der Waals surface area (Å²) in [4.78, 5) is 24.3. The number of nitrogens with two attached hydrogens (primary N) is 1. The van der Waals surface area contributed by atoms with Crippen molar-refractivity contribution in [2.24, 2.45) is 5.73 Å². The molecule has 2 amide bonds. The van der Waals surface area contributed by atoms with Gasteiger partial charge in [0.1, 0.15) is 10.8 Å². The summed E-state index contributed by atoms with van der Waals surface area (Å²) >= 11 is 19.3. The van der Waals surface area contributed by atoms with Gasteiger partial charge in [0.15, 0.2) is 6.61 Å². The zero-order chi connectivity index (χ0) is 20.3. The number of benzene rings is 2. The molecule has 0 fully saturated rings. The van der Waals surface area contributed by atoms with E-state index in [2.05, 4.69) is 5.32 Å². The van der Waals surface area contributed by atoms with E-state index >= 15 is 0 Å². The van der Waals surface area contributed by atoms with Crippen molar-refractivity contribution in [1.29, 1.82) is 0 Å². The minimum Gasteiger partial charge on any atom is -0.482 e. The van der Waals surface area contributed by atoms with Crippen molar-refractivity contribution in [3.8, 4) is 16.9 Å². The van der Waals surface area contributed by atoms with E-state index in [1.54, 1.807) is 47.8 Å². The van der Waals surface area contributed by atoms with Crippen molar-refractivity contribution >= 4 is 63.0 Å². The molecule has 28 heavy (non-hydrogen) atoms. The van der Waals surface area contributed by atoms with Gasteiger partial charge in [0.05, 0.1) is 10.6 Å². The highest BCUT2D eigenvalue weighted by atomic mass is 35.5. The van der Waals surface area contributed by atoms with E-state index in [9.17, 15) is 9.59 Å². The third-order valence-corrected chi connectivity index (χ3v) is 5.46. The average molecular weight is 456 g/mol. The number of thiophene rings is 1. The van der Waals surface area contributed by atoms with Crippen molar-refractivity contribution in [2.45, 2.75) is 0 Å². The summed E-state index contributed by atoms with van der Waals surface area (Å²) in [6.07, 6.45) is 0. The number of nitrogens with one attached hydrogen (secondary N) is 1. The van der Waals surface area contributed by atoms with Crippen LogP contribution in [-0.4, -0.2) is 18.4 Å². The van der Waals surface area contributed by atoms with Crippen LogP contribution in [0.5, 0.6) is 5.75 Å². The first-order valence-corrected chi connectivity index (χ1v) is 9.92. The zero-order valence-electron chi connectivity index (χ0n) is 14.2. The molecule has 0 saturated carbocycles. The van der Waals surface area contributed by atoms with Crippen molar-refractivity contribution < 1.29 is 14.3 Å². The Morgan fingerprint density at radius 2 is 1.79 bits per heavy atom. The van der Waals surface area contributed by atoms with Crippen LogP contribution in [0.1, 0.15) is 10.4 Å². The molecular weight excluding hydrogens is 443 g/mol. The van der Waals surface area contributed by atoms with E-state index in [0.717, 1.165) is 11.3 Å². The van der Waals surface area contributed by atoms with Gasteiger partial charge in [-0.1, -0.05) is 53.0 Å². The van der Waals surface area contributed by atoms with Crippen LogP contribution in [0.25, 0.3) is 11.1 Å². The van der Waals surface area contributed by atoms with Crippen LogP contribution >= 0.6 is 46.1 Å². The molecular formula is C19H13Cl3N2O3S. The van der Waals surface area contributed by atoms with Gasteiger partial charge in [-0.2, -0.15) is 0 Å². The summed E-state index contributed by atoms with van der Waals surface area (Å²) in [5, 5.41) is 5.87. The summed E-state index contributed by atoms with van der Waals surface area (Å²) < 4.78 is 5.40. The molecule has 0 spiro atoms. The van der Waals surface area contributed by atoms with Crippen molar-refractivity contribution in [1.82, 2.24) is 0 Å². The van der Waals surface area contributed by atoms with Crippen LogP contribution in [0.15, 0.2) is 47.8 Å². The largest absolute Gasteiger partial charge is 0.482 e. The van der Waals surface area contributed by atoms with E-state index in [1.165, 1.54) is 0 Å². The minimum atomic E-state index is -0.690. The summed E-state index contributed by atoms with van der Waals surface area (Å²) in [5.74, 6) is -0.767. The van der Waals surface area contributed by atoms with Gasteiger partial charge in [-0.05, 0) is 24.3 Å². The summed E-state index contributed by atoms with van der Waals surface area (Å²) in [7, 11) is 0. The minimum absolute atomic E-state index is 0.167. The Morgan fingerprint density at radius 1 is 1.04 bits per heavy atom. The second-order valence-electron chi connectivity index (χ2n) is 5.61. The number of hydrogen-bond donors (Lipinski definition) is 2. The van der Waals surface area contributed by atoms with Crippen LogP contribution in [0.3, 0.4) is 0 Å². The number of carbonyl (C=O) groups is 2. The fourth-order valence-corrected chi connectivity index (χ4v) is 4.15. The predicted octanol–water partition coefficient (Wildman–Crippen LogP) is 5.49. The molecule has 0 radical (unpaired) electrons. The highest BCUT2D eigenvalue weighted by Crippen LogP contribution is 2.39. The summed E-state index contributed by atoms with van der Waals surface area (Å²) in [6.45, 7) is -0.281. The van der Waals surface area contributed by atoms with Gasteiger partial charge >= 0.3 is 0 Å². The van der Waals surface area contributed by atoms with E-state index < -0.39 is 11.8 Å². The maximum Gasteiger partial charge on any atom is 0.262 e. The molecule has 0 aliphatic heterocycles. The van der Waals surface area contributed by atoms with E-state index in [0.29, 0.717) is 36.9 Å². The van der Waals surface area contributed by atoms with Crippen LogP contribution in [0.4, 0.5) is 5.00 Å². The Balaban J connectivity index is 1.81. The molecule has 0 unspecified atom stereocenters. The first-order valence-electron chi connectivity index (χ1n) is 7.90. The normalized spacial score (nSPS) is 10.5. The van der Waals surface area contributed by atoms with Crippen LogP contribution < -0.4 is 15.8 Å². The fraction of sp³-hybridized carbons (Fsp3) is 0.0526. The third-order valence-electron chi connectivity index (χ3n) is 3.71. The standard InChI is InChI=1S/C19H13Cl3N2O3S/c20-10-5-6-11(14(22)7-10)12-9-28-19(17(12)18(23)26)24-16(25)8-27-15-4-2-1-3-13(15)21/h1-7,9H,8H2,(H2,23,26)(H,24,25). The molecule has 3 rings (SSSR count). The molecule has 3 aromatic rings. The Kier molecular flexibility index (Phi) is 6.46. The number of ether oxygens (including phenoxy) is 1. The molecule has 2 aromatic carbocycles. The smallest absolute Gasteiger partial charge is 0.262 e. The molecule has 144 valence electrons. The lowest BCUT2D eigenvalue weighted by Crippen LogP contribution is -2.22. The van der Waals surface area contributed by atoms with Crippen molar-refractivity contribution in [2.75, 3.05) is 11.9 Å². The van der Waals surface area contributed by atoms with Gasteiger partial charge in [0.25, 0.3) is 11.8 Å². The SMILES string of the molecule is NC(=O)c1c(-c2ccc(Cl)cc2Cl)csc1NC(=O)COc1ccccc1Cl. The van der Waals surface area contributed by atoms with Gasteiger partial charge in [-0.3, -0.25) is 9.59 Å². The highest BCUT2D eigenvalue weighted by molar-refractivity contribution is 7.15. The number of para-hydroxylation sites is 1. The quantitative estimate of drug-likeness (QED) is 0.515. The number of carbonyl (C=O) groups excluding carboxylic acids is 2. The second kappa shape index (κ2) is 8.84. The molecule has 0 saturated heterocycles. The van der Waals surface area contributed by atoms with Gasteiger partial charge in [0.2, 0.25) is 0 Å². The fourth-order valence-electron chi connectivity index (χ4n) is 2.47. The number of rotatable bonds is 6. The molecule has 0 atom stereocenters. The Bertz CT molecular complexity index is 1050. The summed E-state index contributed by atoms with van der Waals surface area (Å²) in [5.41, 5.74) is 6.81. The highest BCUT2D eigenvalue weighted by Gasteiger charge is 2.21. The van der Waals surface area contributed by atoms with Gasteiger partial charge < -0.3 is 15.8 Å². The number of halogens is 3. The van der Waals surface area contributed by atoms with Crippen LogP contribution in [0, 0.1) is 0 Å². The molecule has 0 bridgehead atoms. The lowest BCUT2D eigenvalue weighted by Gasteiger charge is -2.09. The first kappa shape index (κ1) is 20.5. The molecule has 9 heteroatoms. The lowest BCUT2D eigenvalue weighted by atomic mass is 10.0. The Labute approximate surface area is 180 Å². The number of primary amides is 1. The maximum atomic E-state index is 12.3. The van der Waals surface area contributed by atoms with Gasteiger partial charge in [-0.25, -0.2) is 0 Å². The number of amides is 2. The molecule has 0 aliphatic carbocycles. The summed E-state index contributed by atoms with van der Waals surface area (Å²) in [6, 6.07) is 11.7. The van der Waals surface area contributed by atoms with Gasteiger partial charge in [0, 0.05) is 26.6 Å². The van der Waals surface area contributed by atoms with Gasteiger partial charge in [-0.15, -0.1) is 11.3 Å². The number of hydrogen-bond acceptors (Lipinski definition) is 4. The maximum absolute atomic E-state index is 12.3. The third kappa shape index (κ3) is 4.59. The van der Waals surface area contributed by atoms with E-state index in [4.69, 9.17) is 45.3 Å². The average Bonchev–Trinajstić information content (AvgIpc) is 3.04.